The van der Waals surface area contributed by atoms with Crippen LogP contribution in [0.1, 0.15) is 193 Å². The summed E-state index contributed by atoms with van der Waals surface area (Å²) < 4.78 is 8.46. The van der Waals surface area contributed by atoms with Crippen LogP contribution in [-0.2, 0) is 22.7 Å². The molecule has 8 nitrogen and oxygen atoms in total. The zero-order valence-electron chi connectivity index (χ0n) is 36.7. The van der Waals surface area contributed by atoms with Crippen LogP contribution in [0.2, 0.25) is 0 Å². The summed E-state index contributed by atoms with van der Waals surface area (Å²) >= 11 is 0. The Hall–Kier alpha value is -3.42. The van der Waals surface area contributed by atoms with Gasteiger partial charge in [-0.25, -0.2) is 18.3 Å². The molecule has 314 valence electrons. The zero-order valence-corrected chi connectivity index (χ0v) is 36.7. The van der Waals surface area contributed by atoms with E-state index >= 15 is 0 Å². The van der Waals surface area contributed by atoms with Crippen LogP contribution in [0, 0.1) is 11.8 Å². The number of nitrogens with zero attached hydrogens (tertiary/aromatic N) is 4. The van der Waals surface area contributed by atoms with Gasteiger partial charge in [0.25, 0.3) is 11.8 Å². The Balaban J connectivity index is 1.43. The minimum absolute atomic E-state index is 0.107. The summed E-state index contributed by atoms with van der Waals surface area (Å²) in [4.78, 5) is 26.6. The van der Waals surface area contributed by atoms with Gasteiger partial charge in [0.2, 0.25) is 12.7 Å². The number of unbranched alkanes of at least 4 members (excludes halogenated alkanes) is 18. The molecule has 56 heavy (non-hydrogen) atoms. The normalized spacial score (nSPS) is 12.7. The Labute approximate surface area is 342 Å². The largest absolute Gasteiger partial charge is 0.352 e. The van der Waals surface area contributed by atoms with E-state index in [-0.39, 0.29) is 35.7 Å². The maximum absolute atomic E-state index is 13.3. The van der Waals surface area contributed by atoms with Crippen molar-refractivity contribution in [2.24, 2.45) is 11.8 Å². The molecule has 2 N–H and O–H groups in total. The average Bonchev–Trinajstić information content (AvgIpc) is 3.82. The number of amides is 2. The number of nitrogens with one attached hydrogen (secondary N) is 2. The van der Waals surface area contributed by atoms with E-state index in [1.54, 1.807) is 0 Å². The lowest BCUT2D eigenvalue weighted by Gasteiger charge is -2.17. The molecule has 0 unspecified atom stereocenters. The maximum atomic E-state index is 13.3. The molecule has 0 radical (unpaired) electrons. The van der Waals surface area contributed by atoms with Gasteiger partial charge in [-0.15, -0.1) is 0 Å². The molecule has 0 spiro atoms. The van der Waals surface area contributed by atoms with Gasteiger partial charge in [0.1, 0.15) is 37.9 Å². The Morgan fingerprint density at radius 1 is 0.536 bits per heavy atom. The van der Waals surface area contributed by atoms with E-state index in [0.717, 1.165) is 39.0 Å². The summed E-state index contributed by atoms with van der Waals surface area (Å²) in [6.45, 7) is 16.0. The Morgan fingerprint density at radius 3 is 1.21 bits per heavy atom. The van der Waals surface area contributed by atoms with Crippen molar-refractivity contribution >= 4 is 11.8 Å². The molecule has 8 heteroatoms. The lowest BCUT2D eigenvalue weighted by Crippen LogP contribution is -2.37. The van der Waals surface area contributed by atoms with Crippen LogP contribution in [0.4, 0.5) is 0 Å². The van der Waals surface area contributed by atoms with E-state index in [1.165, 1.54) is 127 Å². The lowest BCUT2D eigenvalue weighted by molar-refractivity contribution is -0.689. The molecule has 0 fully saturated rings. The molecule has 0 saturated heterocycles. The molecule has 0 aliphatic carbocycles. The fraction of sp³-hybridized carbons (Fsp3) is 0.708. The van der Waals surface area contributed by atoms with Gasteiger partial charge in [-0.3, -0.25) is 9.59 Å². The van der Waals surface area contributed by atoms with Crippen LogP contribution in [-0.4, -0.2) is 34.0 Å². The van der Waals surface area contributed by atoms with Crippen molar-refractivity contribution in [3.05, 3.63) is 72.8 Å². The van der Waals surface area contributed by atoms with Crippen LogP contribution >= 0.6 is 0 Å². The van der Waals surface area contributed by atoms with Crippen molar-refractivity contribution in [3.63, 3.8) is 0 Å². The third-order valence-corrected chi connectivity index (χ3v) is 11.2. The molecule has 0 aliphatic rings. The molecule has 1 aromatic carbocycles. The number of hydrogen-bond donors (Lipinski definition) is 2. The van der Waals surface area contributed by atoms with Crippen molar-refractivity contribution in [2.45, 2.75) is 195 Å². The summed E-state index contributed by atoms with van der Waals surface area (Å²) in [5, 5.41) is 6.45. The van der Waals surface area contributed by atoms with E-state index < -0.39 is 0 Å². The first-order chi connectivity index (χ1) is 27.2. The SMILES string of the molecule is CCCCCCCCCCCCNC(=O)[C@@H](C(C)C)n1cc[n+](Cc2cccc(C[n+]3ccn([C@@H](C(=O)NCCCCCCCCCCCC)C(C)C)c3)c2)c1. The first-order valence-electron chi connectivity index (χ1n) is 23.0. The van der Waals surface area contributed by atoms with E-state index in [0.29, 0.717) is 0 Å². The van der Waals surface area contributed by atoms with Crippen molar-refractivity contribution < 1.29 is 18.7 Å². The molecule has 2 heterocycles. The van der Waals surface area contributed by atoms with E-state index in [1.807, 2.05) is 12.4 Å². The number of rotatable bonds is 32. The summed E-state index contributed by atoms with van der Waals surface area (Å²) in [5.74, 6) is 0.580. The predicted octanol–water partition coefficient (Wildman–Crippen LogP) is 10.4. The molecule has 3 rings (SSSR count). The number of imidazole rings is 2. The monoisotopic (exact) mass is 775 g/mol. The molecular formula is C48H82N6O2+2. The minimum Gasteiger partial charge on any atom is -0.352 e. The summed E-state index contributed by atoms with van der Waals surface area (Å²) in [7, 11) is 0. The van der Waals surface area contributed by atoms with E-state index in [4.69, 9.17) is 0 Å². The van der Waals surface area contributed by atoms with Gasteiger partial charge in [-0.2, -0.15) is 0 Å². The fourth-order valence-corrected chi connectivity index (χ4v) is 8.01. The third kappa shape index (κ3) is 18.2. The van der Waals surface area contributed by atoms with Crippen molar-refractivity contribution in [3.8, 4) is 0 Å². The second kappa shape index (κ2) is 28.1. The molecule has 2 aromatic heterocycles. The molecule has 2 amide bonds. The van der Waals surface area contributed by atoms with Gasteiger partial charge < -0.3 is 10.6 Å². The highest BCUT2D eigenvalue weighted by molar-refractivity contribution is 5.80. The lowest BCUT2D eigenvalue weighted by atomic mass is 10.0. The molecule has 0 saturated carbocycles. The van der Waals surface area contributed by atoms with Crippen LogP contribution in [0.25, 0.3) is 0 Å². The standard InChI is InChI=1S/C48H80N6O2/c1-7-9-11-13-15-17-19-21-23-25-30-49-47(55)45(41(3)4)53-34-32-51(39-53)37-43-28-27-29-44(36-43)38-52-33-35-54(40-52)46(42(5)6)48(56)50-31-26-24-22-20-18-16-14-12-10-8-2/h27-29,32-36,39-42,45-46H,7-26,30-31,37-38H2,1-6H3/p+2/t45-,46-/m1/s1. The highest BCUT2D eigenvalue weighted by atomic mass is 16.2. The number of hydrogen-bond acceptors (Lipinski definition) is 2. The van der Waals surface area contributed by atoms with Gasteiger partial charge in [-0.05, 0) is 30.0 Å². The first-order valence-corrected chi connectivity index (χ1v) is 23.0. The van der Waals surface area contributed by atoms with Gasteiger partial charge in [0, 0.05) is 24.9 Å². The highest BCUT2D eigenvalue weighted by Gasteiger charge is 2.30. The molecule has 0 bridgehead atoms. The van der Waals surface area contributed by atoms with Gasteiger partial charge in [0.05, 0.1) is 0 Å². The average molecular weight is 775 g/mol. The predicted molar refractivity (Wildman–Crippen MR) is 231 cm³/mol. The third-order valence-electron chi connectivity index (χ3n) is 11.2. The Bertz CT molecular complexity index is 1370. The van der Waals surface area contributed by atoms with Gasteiger partial charge in [0.15, 0.2) is 12.1 Å². The number of benzene rings is 1. The fourth-order valence-electron chi connectivity index (χ4n) is 8.01. The molecule has 0 aliphatic heterocycles. The number of carbonyl (C=O) groups excluding carboxylic acids is 2. The molecule has 3 aromatic rings. The summed E-state index contributed by atoms with van der Waals surface area (Å²) in [6, 6.07) is 8.24. The zero-order chi connectivity index (χ0) is 40.4. The summed E-state index contributed by atoms with van der Waals surface area (Å²) in [5.41, 5.74) is 2.42. The smallest absolute Gasteiger partial charge is 0.265 e. The molecule has 2 atom stereocenters. The van der Waals surface area contributed by atoms with E-state index in [2.05, 4.69) is 120 Å². The quantitative estimate of drug-likeness (QED) is 0.0490. The number of carbonyl (C=O) groups is 2. The van der Waals surface area contributed by atoms with Gasteiger partial charge >= 0.3 is 0 Å². The molecular weight excluding hydrogens is 693 g/mol. The van der Waals surface area contributed by atoms with Crippen molar-refractivity contribution in [1.82, 2.24) is 19.8 Å². The van der Waals surface area contributed by atoms with Crippen LogP contribution < -0.4 is 19.8 Å². The topological polar surface area (TPSA) is 75.8 Å². The minimum atomic E-state index is -0.234. The van der Waals surface area contributed by atoms with Crippen molar-refractivity contribution in [2.75, 3.05) is 13.1 Å². The van der Waals surface area contributed by atoms with Crippen LogP contribution in [0.15, 0.2) is 61.7 Å². The van der Waals surface area contributed by atoms with Gasteiger partial charge in [-0.1, -0.05) is 175 Å². The van der Waals surface area contributed by atoms with Crippen LogP contribution in [0.3, 0.4) is 0 Å². The second-order valence-corrected chi connectivity index (χ2v) is 17.2. The highest BCUT2D eigenvalue weighted by Crippen LogP contribution is 2.19. The Kier molecular flexibility index (Phi) is 23.5. The maximum Gasteiger partial charge on any atom is 0.265 e. The van der Waals surface area contributed by atoms with E-state index in [9.17, 15) is 9.59 Å². The first kappa shape index (κ1) is 47.0. The number of aromatic nitrogens is 4. The van der Waals surface area contributed by atoms with Crippen LogP contribution in [0.5, 0.6) is 0 Å². The summed E-state index contributed by atoms with van der Waals surface area (Å²) in [6.07, 6.45) is 38.2. The second-order valence-electron chi connectivity index (χ2n) is 17.2. The van der Waals surface area contributed by atoms with Crippen molar-refractivity contribution in [1.29, 1.82) is 0 Å². The Morgan fingerprint density at radius 2 is 0.875 bits per heavy atom.